The number of Topliss-reactive ketones (excluding diaryl/α,β-unsaturated/α-hetero) is 1. The Balaban J connectivity index is 1.61. The highest BCUT2D eigenvalue weighted by molar-refractivity contribution is 6.76. The van der Waals surface area contributed by atoms with Gasteiger partial charge in [-0.15, -0.1) is 0 Å². The van der Waals surface area contributed by atoms with Crippen LogP contribution in [0.2, 0.25) is 25.7 Å². The molecule has 0 heterocycles. The van der Waals surface area contributed by atoms with Crippen molar-refractivity contribution >= 4 is 13.9 Å². The van der Waals surface area contributed by atoms with E-state index in [-0.39, 0.29) is 17.3 Å². The van der Waals surface area contributed by atoms with Crippen molar-refractivity contribution in [2.45, 2.75) is 64.4 Å². The van der Waals surface area contributed by atoms with E-state index < -0.39 is 13.5 Å². The molecule has 0 aromatic rings. The summed E-state index contributed by atoms with van der Waals surface area (Å²) in [6.07, 6.45) is 4.57. The highest BCUT2D eigenvalue weighted by atomic mass is 28.3. The smallest absolute Gasteiger partial charge is 0.147 e. The fraction of sp³-hybridized carbons (Fsp3) is 0.833. The van der Waals surface area contributed by atoms with Crippen LogP contribution in [0.25, 0.3) is 0 Å². The van der Waals surface area contributed by atoms with Crippen LogP contribution >= 0.6 is 0 Å². The van der Waals surface area contributed by atoms with Gasteiger partial charge in [0.1, 0.15) is 12.6 Å². The summed E-state index contributed by atoms with van der Waals surface area (Å²) in [5.41, 5.74) is 0.956. The van der Waals surface area contributed by atoms with E-state index >= 15 is 0 Å². The Morgan fingerprint density at radius 1 is 1.36 bits per heavy atom. The molecular formula is C18H30O3Si. The number of carbonyl (C=O) groups is 1. The quantitative estimate of drug-likeness (QED) is 0.307. The summed E-state index contributed by atoms with van der Waals surface area (Å²) in [7, 11) is -1.06. The summed E-state index contributed by atoms with van der Waals surface area (Å²) in [6.45, 7) is 14.0. The van der Waals surface area contributed by atoms with Crippen LogP contribution in [0.4, 0.5) is 0 Å². The van der Waals surface area contributed by atoms with Crippen molar-refractivity contribution in [3.8, 4) is 0 Å². The first kappa shape index (κ1) is 16.4. The third-order valence-electron chi connectivity index (χ3n) is 6.13. The van der Waals surface area contributed by atoms with E-state index in [1.165, 1.54) is 12.8 Å². The molecule has 0 unspecified atom stereocenters. The zero-order valence-corrected chi connectivity index (χ0v) is 15.5. The second-order valence-corrected chi connectivity index (χ2v) is 14.5. The summed E-state index contributed by atoms with van der Waals surface area (Å²) in [5, 5.41) is 0. The number of rotatable bonds is 7. The van der Waals surface area contributed by atoms with Crippen LogP contribution in [0.3, 0.4) is 0 Å². The average Bonchev–Trinajstić information content (AvgIpc) is 3.10. The summed E-state index contributed by atoms with van der Waals surface area (Å²) in [6, 6.07) is 1.15. The molecule has 0 bridgehead atoms. The number of ether oxygens (including phenoxy) is 2. The van der Waals surface area contributed by atoms with Crippen LogP contribution < -0.4 is 0 Å². The summed E-state index contributed by atoms with van der Waals surface area (Å²) < 4.78 is 11.9. The maximum atomic E-state index is 12.4. The summed E-state index contributed by atoms with van der Waals surface area (Å²) >= 11 is 0. The largest absolute Gasteiger partial charge is 0.356 e. The van der Waals surface area contributed by atoms with Crippen molar-refractivity contribution in [2.24, 2.45) is 16.7 Å². The molecule has 0 saturated heterocycles. The van der Waals surface area contributed by atoms with Crippen LogP contribution in [0.1, 0.15) is 32.6 Å². The van der Waals surface area contributed by atoms with Gasteiger partial charge in [0.05, 0.1) is 11.5 Å². The van der Waals surface area contributed by atoms with Gasteiger partial charge in [-0.3, -0.25) is 4.79 Å². The number of hydrogen-bond donors (Lipinski definition) is 0. The molecule has 3 atom stereocenters. The zero-order chi connectivity index (χ0) is 16.2. The Labute approximate surface area is 135 Å². The van der Waals surface area contributed by atoms with E-state index in [1.807, 2.05) is 0 Å². The molecule has 0 aromatic heterocycles. The van der Waals surface area contributed by atoms with E-state index in [1.54, 1.807) is 6.92 Å². The molecule has 3 saturated carbocycles. The predicted octanol–water partition coefficient (Wildman–Crippen LogP) is 4.02. The van der Waals surface area contributed by atoms with Gasteiger partial charge >= 0.3 is 0 Å². The monoisotopic (exact) mass is 322 g/mol. The minimum absolute atomic E-state index is 0.00984. The first-order valence-electron chi connectivity index (χ1n) is 8.61. The Bertz CT molecular complexity index is 479. The van der Waals surface area contributed by atoms with Gasteiger partial charge in [0.15, 0.2) is 0 Å². The third kappa shape index (κ3) is 2.44. The molecule has 0 amide bonds. The van der Waals surface area contributed by atoms with Crippen molar-refractivity contribution in [3.63, 3.8) is 0 Å². The fourth-order valence-corrected chi connectivity index (χ4v) is 5.46. The third-order valence-corrected chi connectivity index (χ3v) is 7.84. The summed E-state index contributed by atoms with van der Waals surface area (Å²) in [5.74, 6) is 0.719. The van der Waals surface area contributed by atoms with E-state index in [4.69, 9.17) is 9.47 Å². The van der Waals surface area contributed by atoms with Gasteiger partial charge in [-0.05, 0) is 50.0 Å². The SMILES string of the molecule is C=C1C[C@H]2CC3(CC3)[C@H](OCOCC[Si](C)(C)C)[C@@]12C(C)=O. The Hall–Kier alpha value is -0.453. The van der Waals surface area contributed by atoms with Crippen molar-refractivity contribution in [2.75, 3.05) is 13.4 Å². The Morgan fingerprint density at radius 2 is 2.05 bits per heavy atom. The maximum absolute atomic E-state index is 12.4. The Morgan fingerprint density at radius 3 is 2.55 bits per heavy atom. The average molecular weight is 323 g/mol. The number of carbonyl (C=O) groups excluding carboxylic acids is 1. The molecule has 3 fully saturated rings. The van der Waals surface area contributed by atoms with E-state index in [0.29, 0.717) is 12.7 Å². The normalized spacial score (nSPS) is 35.4. The van der Waals surface area contributed by atoms with Crippen LogP contribution in [0.5, 0.6) is 0 Å². The lowest BCUT2D eigenvalue weighted by Gasteiger charge is -2.48. The number of ketones is 1. The van der Waals surface area contributed by atoms with Gasteiger partial charge in [0.25, 0.3) is 0 Å². The summed E-state index contributed by atoms with van der Waals surface area (Å²) in [4.78, 5) is 12.4. The van der Waals surface area contributed by atoms with Crippen LogP contribution in [0.15, 0.2) is 12.2 Å². The molecule has 1 spiro atoms. The van der Waals surface area contributed by atoms with Gasteiger partial charge < -0.3 is 9.47 Å². The van der Waals surface area contributed by atoms with Crippen LogP contribution in [-0.2, 0) is 14.3 Å². The van der Waals surface area contributed by atoms with E-state index in [0.717, 1.165) is 31.1 Å². The molecule has 3 nitrogen and oxygen atoms in total. The molecule has 4 heteroatoms. The van der Waals surface area contributed by atoms with Crippen molar-refractivity contribution in [3.05, 3.63) is 12.2 Å². The first-order valence-corrected chi connectivity index (χ1v) is 12.3. The Kier molecular flexibility index (Phi) is 3.94. The van der Waals surface area contributed by atoms with Gasteiger partial charge in [-0.1, -0.05) is 31.8 Å². The van der Waals surface area contributed by atoms with E-state index in [2.05, 4.69) is 26.2 Å². The minimum atomic E-state index is -1.06. The molecule has 0 aliphatic heterocycles. The van der Waals surface area contributed by atoms with Crippen molar-refractivity contribution < 1.29 is 14.3 Å². The minimum Gasteiger partial charge on any atom is -0.356 e. The van der Waals surface area contributed by atoms with Gasteiger partial charge in [-0.25, -0.2) is 0 Å². The van der Waals surface area contributed by atoms with Crippen LogP contribution in [-0.4, -0.2) is 33.4 Å². The first-order chi connectivity index (χ1) is 10.2. The molecular weight excluding hydrogens is 292 g/mol. The molecule has 0 N–H and O–H groups in total. The maximum Gasteiger partial charge on any atom is 0.147 e. The second-order valence-electron chi connectivity index (χ2n) is 8.88. The zero-order valence-electron chi connectivity index (χ0n) is 14.5. The molecule has 0 radical (unpaired) electrons. The number of fused-ring (bicyclic) bond motifs is 1. The van der Waals surface area contributed by atoms with Crippen molar-refractivity contribution in [1.82, 2.24) is 0 Å². The van der Waals surface area contributed by atoms with Gasteiger partial charge in [0.2, 0.25) is 0 Å². The lowest BCUT2D eigenvalue weighted by Crippen LogP contribution is -2.53. The lowest BCUT2D eigenvalue weighted by molar-refractivity contribution is -0.159. The molecule has 0 aromatic carbocycles. The topological polar surface area (TPSA) is 35.5 Å². The van der Waals surface area contributed by atoms with Gasteiger partial charge in [-0.2, -0.15) is 0 Å². The molecule has 3 rings (SSSR count). The highest BCUT2D eigenvalue weighted by Gasteiger charge is 2.74. The van der Waals surface area contributed by atoms with Crippen molar-refractivity contribution in [1.29, 1.82) is 0 Å². The van der Waals surface area contributed by atoms with E-state index in [9.17, 15) is 4.79 Å². The standard InChI is InChI=1S/C18H30O3Si/c1-13-10-15-11-17(6-7-17)16(18(13,15)14(2)19)21-12-20-8-9-22(3,4)5/h15-16H,1,6-12H2,2-5H3/t15-,16-,18+/m0/s1. The highest BCUT2D eigenvalue weighted by Crippen LogP contribution is 2.74. The van der Waals surface area contributed by atoms with Gasteiger partial charge in [0, 0.05) is 14.7 Å². The fourth-order valence-electron chi connectivity index (χ4n) is 4.71. The number of hydrogen-bond acceptors (Lipinski definition) is 3. The molecule has 3 aliphatic rings. The molecule has 22 heavy (non-hydrogen) atoms. The van der Waals surface area contributed by atoms with Crippen LogP contribution in [0, 0.1) is 16.7 Å². The lowest BCUT2D eigenvalue weighted by atomic mass is 9.55. The molecule has 3 aliphatic carbocycles. The molecule has 124 valence electrons. The second kappa shape index (κ2) is 5.28. The predicted molar refractivity (Wildman–Crippen MR) is 90.5 cm³/mol.